The number of rotatable bonds is 8. The summed E-state index contributed by atoms with van der Waals surface area (Å²) < 4.78 is 0. The number of hydrogen-bond acceptors (Lipinski definition) is 4. The first-order chi connectivity index (χ1) is 15.2. The zero-order valence-electron chi connectivity index (χ0n) is 19.4. The summed E-state index contributed by atoms with van der Waals surface area (Å²) in [6.45, 7) is 8.17. The average molecular weight is 430 g/mol. The third-order valence-electron chi connectivity index (χ3n) is 5.79. The second kappa shape index (κ2) is 9.91. The maximum absolute atomic E-state index is 13.1. The first-order valence-electron chi connectivity index (χ1n) is 11.2. The fourth-order valence-corrected chi connectivity index (χ4v) is 3.73. The van der Waals surface area contributed by atoms with Crippen LogP contribution in [0.2, 0.25) is 0 Å². The Morgan fingerprint density at radius 2 is 1.81 bits per heavy atom. The molecule has 2 aromatic rings. The number of amidine groups is 1. The van der Waals surface area contributed by atoms with E-state index in [9.17, 15) is 14.9 Å². The Labute approximate surface area is 190 Å². The van der Waals surface area contributed by atoms with E-state index in [-0.39, 0.29) is 18.1 Å². The van der Waals surface area contributed by atoms with Gasteiger partial charge in [-0.1, -0.05) is 76.6 Å². The monoisotopic (exact) mass is 429 g/mol. The third-order valence-corrected chi connectivity index (χ3v) is 5.79. The molecule has 5 heteroatoms. The highest BCUT2D eigenvalue weighted by molar-refractivity contribution is 6.07. The molecule has 0 spiro atoms. The zero-order valence-corrected chi connectivity index (χ0v) is 19.4. The number of aliphatic imine (C=N–C) groups is 1. The minimum Gasteiger partial charge on any atom is -0.299 e. The van der Waals surface area contributed by atoms with Gasteiger partial charge in [0.25, 0.3) is 5.91 Å². The molecule has 1 unspecified atom stereocenters. The molecule has 0 N–H and O–H groups in total. The maximum Gasteiger partial charge on any atom is 0.253 e. The number of hydrogen-bond donors (Lipinski definition) is 0. The summed E-state index contributed by atoms with van der Waals surface area (Å²) in [5.41, 5.74) is 3.00. The fourth-order valence-electron chi connectivity index (χ4n) is 3.73. The fraction of sp³-hybridized carbons (Fsp3) is 0.407. The number of nitrogens with zero attached hydrogens (tertiary/aromatic N) is 3. The topological polar surface area (TPSA) is 73.5 Å². The van der Waals surface area contributed by atoms with Crippen molar-refractivity contribution in [2.45, 2.75) is 66.0 Å². The highest BCUT2D eigenvalue weighted by Gasteiger charge is 2.37. The Kier molecular flexibility index (Phi) is 7.25. The predicted octanol–water partition coefficient (Wildman–Crippen LogP) is 5.53. The summed E-state index contributed by atoms with van der Waals surface area (Å²) in [7, 11) is 0. The maximum atomic E-state index is 13.1. The Morgan fingerprint density at radius 3 is 2.44 bits per heavy atom. The Hall–Kier alpha value is -3.26. The van der Waals surface area contributed by atoms with Gasteiger partial charge in [0.15, 0.2) is 0 Å². The van der Waals surface area contributed by atoms with Crippen molar-refractivity contribution in [2.75, 3.05) is 0 Å². The molecule has 0 aromatic heterocycles. The quantitative estimate of drug-likeness (QED) is 0.554. The number of amides is 1. The summed E-state index contributed by atoms with van der Waals surface area (Å²) >= 11 is 0. The standard InChI is InChI=1S/C27H31N3O2/c1-5-6-11-25-29-23(16-24(31)27(2,3)4)26(32)30(25)18-19-12-14-20(15-13-19)22-10-8-7-9-21(22)17-28/h7-10,12-15,23H,5-6,11,16,18H2,1-4H3. The van der Waals surface area contributed by atoms with Crippen molar-refractivity contribution in [3.8, 4) is 17.2 Å². The molecule has 0 fully saturated rings. The van der Waals surface area contributed by atoms with Gasteiger partial charge in [-0.2, -0.15) is 5.26 Å². The molecule has 2 aromatic carbocycles. The van der Waals surface area contributed by atoms with E-state index in [2.05, 4.69) is 18.0 Å². The summed E-state index contributed by atoms with van der Waals surface area (Å²) in [6.07, 6.45) is 2.85. The van der Waals surface area contributed by atoms with Gasteiger partial charge >= 0.3 is 0 Å². The van der Waals surface area contributed by atoms with Crippen LogP contribution in [0.3, 0.4) is 0 Å². The molecule has 0 bridgehead atoms. The van der Waals surface area contributed by atoms with Crippen molar-refractivity contribution in [3.63, 3.8) is 0 Å². The van der Waals surface area contributed by atoms with E-state index in [0.29, 0.717) is 12.1 Å². The zero-order chi connectivity index (χ0) is 23.3. The molecule has 1 amide bonds. The highest BCUT2D eigenvalue weighted by Crippen LogP contribution is 2.27. The molecule has 0 aliphatic carbocycles. The van der Waals surface area contributed by atoms with Crippen LogP contribution in [0.4, 0.5) is 0 Å². The molecule has 166 valence electrons. The van der Waals surface area contributed by atoms with E-state index in [4.69, 9.17) is 0 Å². The Morgan fingerprint density at radius 1 is 1.12 bits per heavy atom. The molecule has 5 nitrogen and oxygen atoms in total. The molecule has 1 atom stereocenters. The van der Waals surface area contributed by atoms with E-state index in [1.807, 2.05) is 69.3 Å². The van der Waals surface area contributed by atoms with Gasteiger partial charge in [0.2, 0.25) is 0 Å². The summed E-state index contributed by atoms with van der Waals surface area (Å²) in [4.78, 5) is 32.1. The van der Waals surface area contributed by atoms with Gasteiger partial charge in [-0.3, -0.25) is 19.5 Å². The molecular weight excluding hydrogens is 398 g/mol. The van der Waals surface area contributed by atoms with Crippen molar-refractivity contribution in [2.24, 2.45) is 10.4 Å². The van der Waals surface area contributed by atoms with Crippen molar-refractivity contribution in [1.29, 1.82) is 5.26 Å². The van der Waals surface area contributed by atoms with Crippen LogP contribution in [0.25, 0.3) is 11.1 Å². The number of ketones is 1. The van der Waals surface area contributed by atoms with E-state index in [0.717, 1.165) is 41.8 Å². The van der Waals surface area contributed by atoms with Crippen molar-refractivity contribution < 1.29 is 9.59 Å². The van der Waals surface area contributed by atoms with Crippen molar-refractivity contribution in [3.05, 3.63) is 59.7 Å². The number of benzene rings is 2. The van der Waals surface area contributed by atoms with Crippen LogP contribution in [0.1, 0.15) is 64.5 Å². The van der Waals surface area contributed by atoms with Gasteiger partial charge in [0.1, 0.15) is 17.7 Å². The minimum atomic E-state index is -0.615. The molecule has 1 heterocycles. The lowest BCUT2D eigenvalue weighted by Gasteiger charge is -2.21. The van der Waals surface area contributed by atoms with Gasteiger partial charge in [0, 0.05) is 18.3 Å². The van der Waals surface area contributed by atoms with Crippen LogP contribution in [0.15, 0.2) is 53.5 Å². The van der Waals surface area contributed by atoms with Crippen LogP contribution in [-0.4, -0.2) is 28.5 Å². The van der Waals surface area contributed by atoms with Crippen LogP contribution in [0.5, 0.6) is 0 Å². The first-order valence-corrected chi connectivity index (χ1v) is 11.2. The molecule has 0 saturated heterocycles. The number of unbranched alkanes of at least 4 members (excludes halogenated alkanes) is 1. The van der Waals surface area contributed by atoms with Crippen LogP contribution < -0.4 is 0 Å². The lowest BCUT2D eigenvalue weighted by atomic mass is 9.87. The van der Waals surface area contributed by atoms with Crippen molar-refractivity contribution >= 4 is 17.5 Å². The second-order valence-corrected chi connectivity index (χ2v) is 9.32. The van der Waals surface area contributed by atoms with Gasteiger partial charge in [-0.15, -0.1) is 0 Å². The normalized spacial score (nSPS) is 16.1. The molecule has 1 aliphatic rings. The smallest absolute Gasteiger partial charge is 0.253 e. The first kappa shape index (κ1) is 23.4. The van der Waals surface area contributed by atoms with Crippen LogP contribution in [0, 0.1) is 16.7 Å². The summed E-state index contributed by atoms with van der Waals surface area (Å²) in [6, 6.07) is 17.1. The van der Waals surface area contributed by atoms with E-state index in [1.165, 1.54) is 0 Å². The molecule has 1 aliphatic heterocycles. The lowest BCUT2D eigenvalue weighted by Crippen LogP contribution is -2.36. The van der Waals surface area contributed by atoms with E-state index < -0.39 is 11.5 Å². The van der Waals surface area contributed by atoms with E-state index >= 15 is 0 Å². The van der Waals surface area contributed by atoms with Gasteiger partial charge in [-0.25, -0.2) is 0 Å². The molecule has 3 rings (SSSR count). The largest absolute Gasteiger partial charge is 0.299 e. The number of carbonyl (C=O) groups is 2. The average Bonchev–Trinajstić information content (AvgIpc) is 3.06. The van der Waals surface area contributed by atoms with Crippen LogP contribution >= 0.6 is 0 Å². The van der Waals surface area contributed by atoms with Crippen molar-refractivity contribution in [1.82, 2.24) is 4.90 Å². The molecule has 0 radical (unpaired) electrons. The van der Waals surface area contributed by atoms with Gasteiger partial charge < -0.3 is 0 Å². The van der Waals surface area contributed by atoms with Gasteiger partial charge in [0.05, 0.1) is 18.2 Å². The lowest BCUT2D eigenvalue weighted by molar-refractivity contribution is -0.132. The predicted molar refractivity (Wildman–Crippen MR) is 127 cm³/mol. The molecule has 32 heavy (non-hydrogen) atoms. The van der Waals surface area contributed by atoms with Gasteiger partial charge in [-0.05, 0) is 29.2 Å². The van der Waals surface area contributed by atoms with Crippen LogP contribution in [-0.2, 0) is 16.1 Å². The number of Topliss-reactive ketones (excluding diaryl/α,β-unsaturated/α-hetero) is 1. The Bertz CT molecular complexity index is 1060. The summed E-state index contributed by atoms with van der Waals surface area (Å²) in [5.74, 6) is 0.742. The SMILES string of the molecule is CCCCC1=NC(CC(=O)C(C)(C)C)C(=O)N1Cc1ccc(-c2ccccc2C#N)cc1. The second-order valence-electron chi connectivity index (χ2n) is 9.32. The molecule has 0 saturated carbocycles. The summed E-state index contributed by atoms with van der Waals surface area (Å²) in [5, 5.41) is 9.36. The molecular formula is C27H31N3O2. The third kappa shape index (κ3) is 5.31. The number of nitriles is 1. The minimum absolute atomic E-state index is 0.0526. The van der Waals surface area contributed by atoms with E-state index in [1.54, 1.807) is 4.90 Å². The number of carbonyl (C=O) groups excluding carboxylic acids is 2. The highest BCUT2D eigenvalue weighted by atomic mass is 16.2. The Balaban J connectivity index is 1.78.